The van der Waals surface area contributed by atoms with Crippen LogP contribution in [0.5, 0.6) is 0 Å². The van der Waals surface area contributed by atoms with Crippen molar-refractivity contribution in [3.05, 3.63) is 0 Å². The number of carbonyl (C=O) groups is 3. The van der Waals surface area contributed by atoms with Crippen LogP contribution in [0.3, 0.4) is 0 Å². The Hall–Kier alpha value is -2.23. The molecular weight excluding hydrogens is 288 g/mol. The summed E-state index contributed by atoms with van der Waals surface area (Å²) >= 11 is 0. The van der Waals surface area contributed by atoms with Gasteiger partial charge in [-0.2, -0.15) is 0 Å². The number of alkyl carbamates (subject to hydrolysis) is 2. The normalized spacial score (nSPS) is 10.8. The number of rotatable bonds is 3. The maximum atomic E-state index is 11.4. The smallest absolute Gasteiger partial charge is 0.408 e. The Labute approximate surface area is 131 Å². The third kappa shape index (κ3) is 12.8. The average molecular weight is 312 g/mol. The highest BCUT2D eigenvalue weighted by Crippen LogP contribution is 2.06. The number of hydrogen-bond acceptors (Lipinski definition) is 5. The molecule has 0 aliphatic carbocycles. The quantitative estimate of drug-likeness (QED) is 0.610. The van der Waals surface area contributed by atoms with Crippen molar-refractivity contribution in [3.8, 4) is 11.8 Å². The van der Waals surface area contributed by atoms with Gasteiger partial charge < -0.3 is 20.1 Å². The maximum Gasteiger partial charge on any atom is 0.408 e. The van der Waals surface area contributed by atoms with Crippen LogP contribution in [0.25, 0.3) is 0 Å². The summed E-state index contributed by atoms with van der Waals surface area (Å²) in [6.45, 7) is 10.1. The number of amides is 2. The van der Waals surface area contributed by atoms with Gasteiger partial charge in [-0.05, 0) is 47.5 Å². The van der Waals surface area contributed by atoms with Gasteiger partial charge >= 0.3 is 12.2 Å². The van der Waals surface area contributed by atoms with Crippen LogP contribution in [-0.2, 0) is 14.3 Å². The first-order chi connectivity index (χ1) is 9.89. The lowest BCUT2D eigenvalue weighted by molar-refractivity contribution is -0.113. The Morgan fingerprint density at radius 3 is 1.77 bits per heavy atom. The van der Waals surface area contributed by atoms with E-state index in [-0.39, 0.29) is 13.1 Å². The van der Waals surface area contributed by atoms with Crippen molar-refractivity contribution in [1.82, 2.24) is 10.6 Å². The molecule has 2 amide bonds. The van der Waals surface area contributed by atoms with E-state index in [1.54, 1.807) is 41.5 Å². The summed E-state index contributed by atoms with van der Waals surface area (Å²) in [5, 5.41) is 4.69. The largest absolute Gasteiger partial charge is 0.444 e. The molecule has 0 aromatic carbocycles. The van der Waals surface area contributed by atoms with Gasteiger partial charge in [0.05, 0.1) is 13.1 Å². The standard InChI is InChI=1S/C15H24N2O5/c1-14(2,3)21-12(19)16-9-7-8-11(18)10-17-13(20)22-15(4,5)6/h9-10H2,1-6H3,(H,16,19)(H,17,20). The molecule has 124 valence electrons. The molecule has 0 radical (unpaired) electrons. The predicted octanol–water partition coefficient (Wildman–Crippen LogP) is 1.61. The van der Waals surface area contributed by atoms with E-state index in [1.165, 1.54) is 0 Å². The Balaban J connectivity index is 4.00. The zero-order valence-electron chi connectivity index (χ0n) is 14.0. The van der Waals surface area contributed by atoms with E-state index in [1.807, 2.05) is 0 Å². The van der Waals surface area contributed by atoms with Crippen LogP contribution < -0.4 is 10.6 Å². The molecule has 0 atom stereocenters. The zero-order valence-corrected chi connectivity index (χ0v) is 14.0. The zero-order chi connectivity index (χ0) is 17.4. The minimum atomic E-state index is -0.686. The molecule has 0 saturated carbocycles. The topological polar surface area (TPSA) is 93.7 Å². The number of hydrogen-bond donors (Lipinski definition) is 2. The van der Waals surface area contributed by atoms with Crippen LogP contribution in [0.15, 0.2) is 0 Å². The van der Waals surface area contributed by atoms with Gasteiger partial charge in [0.2, 0.25) is 5.78 Å². The van der Waals surface area contributed by atoms with Gasteiger partial charge in [0, 0.05) is 0 Å². The highest BCUT2D eigenvalue weighted by Gasteiger charge is 2.16. The second-order valence-corrected chi connectivity index (χ2v) is 6.44. The van der Waals surface area contributed by atoms with Crippen molar-refractivity contribution in [2.45, 2.75) is 52.7 Å². The highest BCUT2D eigenvalue weighted by molar-refractivity contribution is 5.98. The van der Waals surface area contributed by atoms with E-state index in [4.69, 9.17) is 9.47 Å². The molecule has 0 aliphatic heterocycles. The molecule has 7 heteroatoms. The van der Waals surface area contributed by atoms with Gasteiger partial charge in [-0.3, -0.25) is 4.79 Å². The van der Waals surface area contributed by atoms with Crippen LogP contribution in [0, 0.1) is 11.8 Å². The monoisotopic (exact) mass is 312 g/mol. The lowest BCUT2D eigenvalue weighted by Crippen LogP contribution is -2.35. The highest BCUT2D eigenvalue weighted by atomic mass is 16.6. The molecule has 7 nitrogen and oxygen atoms in total. The molecule has 22 heavy (non-hydrogen) atoms. The molecule has 0 aliphatic rings. The maximum absolute atomic E-state index is 11.4. The summed E-state index contributed by atoms with van der Waals surface area (Å²) in [5.74, 6) is 4.27. The Morgan fingerprint density at radius 1 is 0.864 bits per heavy atom. The second-order valence-electron chi connectivity index (χ2n) is 6.44. The van der Waals surface area contributed by atoms with Crippen molar-refractivity contribution >= 4 is 18.0 Å². The van der Waals surface area contributed by atoms with Gasteiger partial charge in [0.25, 0.3) is 0 Å². The van der Waals surface area contributed by atoms with Gasteiger partial charge in [-0.25, -0.2) is 9.59 Å². The summed E-state index contributed by atoms with van der Waals surface area (Å²) in [5.41, 5.74) is -1.22. The van der Waals surface area contributed by atoms with Gasteiger partial charge in [-0.1, -0.05) is 5.92 Å². The third-order valence-electron chi connectivity index (χ3n) is 1.74. The van der Waals surface area contributed by atoms with Crippen molar-refractivity contribution in [2.24, 2.45) is 0 Å². The Kier molecular flexibility index (Phi) is 7.43. The van der Waals surface area contributed by atoms with E-state index in [0.29, 0.717) is 0 Å². The second kappa shape index (κ2) is 8.27. The minimum absolute atomic E-state index is 0.0207. The number of ketones is 1. The summed E-state index contributed by atoms with van der Waals surface area (Å²) in [7, 11) is 0. The number of ether oxygens (including phenoxy) is 2. The van der Waals surface area contributed by atoms with E-state index in [2.05, 4.69) is 22.5 Å². The lowest BCUT2D eigenvalue weighted by Gasteiger charge is -2.19. The number of Topliss-reactive ketones (excluding diaryl/α,β-unsaturated/α-hetero) is 1. The molecule has 0 aromatic rings. The minimum Gasteiger partial charge on any atom is -0.444 e. The first kappa shape index (κ1) is 19.8. The molecule has 0 unspecified atom stereocenters. The van der Waals surface area contributed by atoms with Crippen LogP contribution in [0.1, 0.15) is 41.5 Å². The van der Waals surface area contributed by atoms with Crippen molar-refractivity contribution in [3.63, 3.8) is 0 Å². The van der Waals surface area contributed by atoms with E-state index >= 15 is 0 Å². The van der Waals surface area contributed by atoms with E-state index in [0.717, 1.165) is 0 Å². The number of nitrogens with one attached hydrogen (secondary N) is 2. The van der Waals surface area contributed by atoms with E-state index < -0.39 is 29.2 Å². The fraction of sp³-hybridized carbons (Fsp3) is 0.667. The molecule has 0 bridgehead atoms. The van der Waals surface area contributed by atoms with Crippen molar-refractivity contribution in [2.75, 3.05) is 13.1 Å². The molecule has 0 aromatic heterocycles. The van der Waals surface area contributed by atoms with Crippen molar-refractivity contribution in [1.29, 1.82) is 0 Å². The molecule has 0 fully saturated rings. The van der Waals surface area contributed by atoms with Crippen LogP contribution in [0.4, 0.5) is 9.59 Å². The summed E-state index contributed by atoms with van der Waals surface area (Å²) in [6.07, 6.45) is -1.30. The summed E-state index contributed by atoms with van der Waals surface area (Å²) < 4.78 is 9.96. The fourth-order valence-corrected chi connectivity index (χ4v) is 1.08. The molecule has 0 spiro atoms. The Bertz CT molecular complexity index is 475. The number of carbonyl (C=O) groups excluding carboxylic acids is 3. The summed E-state index contributed by atoms with van der Waals surface area (Å²) in [4.78, 5) is 34.0. The average Bonchev–Trinajstić information content (AvgIpc) is 2.27. The van der Waals surface area contributed by atoms with Crippen molar-refractivity contribution < 1.29 is 23.9 Å². The third-order valence-corrected chi connectivity index (χ3v) is 1.74. The van der Waals surface area contributed by atoms with Crippen LogP contribution in [-0.4, -0.2) is 42.3 Å². The van der Waals surface area contributed by atoms with Gasteiger partial charge in [0.1, 0.15) is 11.2 Å². The first-order valence-corrected chi connectivity index (χ1v) is 6.84. The molecule has 0 saturated heterocycles. The van der Waals surface area contributed by atoms with Crippen LogP contribution in [0.2, 0.25) is 0 Å². The molecule has 2 N–H and O–H groups in total. The predicted molar refractivity (Wildman–Crippen MR) is 81.3 cm³/mol. The Morgan fingerprint density at radius 2 is 1.32 bits per heavy atom. The van der Waals surface area contributed by atoms with Crippen LogP contribution >= 0.6 is 0 Å². The first-order valence-electron chi connectivity index (χ1n) is 6.84. The van der Waals surface area contributed by atoms with E-state index in [9.17, 15) is 14.4 Å². The lowest BCUT2D eigenvalue weighted by atomic mass is 10.2. The fourth-order valence-electron chi connectivity index (χ4n) is 1.08. The molecule has 0 rings (SSSR count). The molecular formula is C15H24N2O5. The van der Waals surface area contributed by atoms with Gasteiger partial charge in [0.15, 0.2) is 0 Å². The SMILES string of the molecule is CC(C)(C)OC(=O)NCC#CC(=O)CNC(=O)OC(C)(C)C. The summed E-state index contributed by atoms with van der Waals surface area (Å²) in [6, 6.07) is 0. The van der Waals surface area contributed by atoms with Gasteiger partial charge in [-0.15, -0.1) is 0 Å². The molecule has 0 heterocycles.